The summed E-state index contributed by atoms with van der Waals surface area (Å²) in [6.45, 7) is 1.79. The molecular formula is C19H20O8S. The van der Waals surface area contributed by atoms with Gasteiger partial charge in [-0.3, -0.25) is 14.1 Å². The van der Waals surface area contributed by atoms with E-state index in [1.165, 1.54) is 19.2 Å². The summed E-state index contributed by atoms with van der Waals surface area (Å²) < 4.78 is 48.2. The van der Waals surface area contributed by atoms with Crippen LogP contribution in [0, 0.1) is 0 Å². The van der Waals surface area contributed by atoms with E-state index in [1.807, 2.05) is 0 Å². The van der Waals surface area contributed by atoms with Crippen LogP contribution in [0.4, 0.5) is 0 Å². The molecule has 0 aliphatic heterocycles. The fourth-order valence-electron chi connectivity index (χ4n) is 2.74. The van der Waals surface area contributed by atoms with Crippen molar-refractivity contribution < 1.29 is 36.8 Å². The first kappa shape index (κ1) is 21.4. The number of benzene rings is 2. The summed E-state index contributed by atoms with van der Waals surface area (Å²) in [5.74, 6) is -1.33. The number of para-hydroxylation sites is 1. The largest absolute Gasteiger partial charge is 0.496 e. The first-order chi connectivity index (χ1) is 13.2. The molecule has 0 fully saturated rings. The van der Waals surface area contributed by atoms with Crippen LogP contribution < -0.4 is 9.47 Å². The second-order valence-corrected chi connectivity index (χ2v) is 7.01. The van der Waals surface area contributed by atoms with Crippen LogP contribution in [0.15, 0.2) is 41.3 Å². The van der Waals surface area contributed by atoms with Crippen molar-refractivity contribution in [2.45, 2.75) is 18.2 Å². The highest BCUT2D eigenvalue weighted by molar-refractivity contribution is 7.86. The fraction of sp³-hybridized carbons (Fsp3) is 0.263. The van der Waals surface area contributed by atoms with E-state index in [0.717, 1.165) is 13.2 Å². The Morgan fingerprint density at radius 3 is 2.29 bits per heavy atom. The lowest BCUT2D eigenvalue weighted by atomic mass is 9.95. The summed E-state index contributed by atoms with van der Waals surface area (Å²) in [6, 6.07) is 8.68. The Hall–Kier alpha value is -2.91. The van der Waals surface area contributed by atoms with Crippen molar-refractivity contribution in [2.24, 2.45) is 0 Å². The van der Waals surface area contributed by atoms with Crippen LogP contribution in [0.3, 0.4) is 0 Å². The highest BCUT2D eigenvalue weighted by Gasteiger charge is 2.29. The van der Waals surface area contributed by atoms with Crippen molar-refractivity contribution in [3.63, 3.8) is 0 Å². The summed E-state index contributed by atoms with van der Waals surface area (Å²) in [7, 11) is -2.13. The zero-order valence-electron chi connectivity index (χ0n) is 15.6. The highest BCUT2D eigenvalue weighted by Crippen LogP contribution is 2.34. The van der Waals surface area contributed by atoms with Gasteiger partial charge in [-0.05, 0) is 30.7 Å². The van der Waals surface area contributed by atoms with Gasteiger partial charge in [-0.2, -0.15) is 8.42 Å². The average molecular weight is 408 g/mol. The van der Waals surface area contributed by atoms with Gasteiger partial charge in [0.05, 0.1) is 38.4 Å². The molecule has 2 aromatic carbocycles. The van der Waals surface area contributed by atoms with Gasteiger partial charge in [0, 0.05) is 0 Å². The fourth-order valence-corrected chi connectivity index (χ4v) is 3.40. The smallest absolute Gasteiger partial charge is 0.310 e. The Kier molecular flexibility index (Phi) is 6.76. The molecule has 0 atom stereocenters. The molecule has 0 amide bonds. The Labute approximate surface area is 162 Å². The Bertz CT molecular complexity index is 995. The quantitative estimate of drug-likeness (QED) is 0.402. The molecule has 0 saturated heterocycles. The molecule has 150 valence electrons. The van der Waals surface area contributed by atoms with E-state index in [-0.39, 0.29) is 41.2 Å². The van der Waals surface area contributed by atoms with Crippen molar-refractivity contribution in [1.29, 1.82) is 0 Å². The molecule has 8 nitrogen and oxygen atoms in total. The van der Waals surface area contributed by atoms with E-state index in [1.54, 1.807) is 25.1 Å². The SMILES string of the molecule is CCOC(=O)Cc1ccc(S(=O)(=O)O)c(OC)c1C(=O)c1ccccc1OC. The second kappa shape index (κ2) is 8.85. The maximum absolute atomic E-state index is 13.3. The van der Waals surface area contributed by atoms with Crippen molar-refractivity contribution in [2.75, 3.05) is 20.8 Å². The number of ketones is 1. The van der Waals surface area contributed by atoms with E-state index in [2.05, 4.69) is 0 Å². The number of carbonyl (C=O) groups excluding carboxylic acids is 2. The van der Waals surface area contributed by atoms with Gasteiger partial charge in [-0.25, -0.2) is 0 Å². The van der Waals surface area contributed by atoms with E-state index in [4.69, 9.17) is 14.2 Å². The van der Waals surface area contributed by atoms with Gasteiger partial charge >= 0.3 is 5.97 Å². The molecule has 0 aromatic heterocycles. The Morgan fingerprint density at radius 1 is 1.04 bits per heavy atom. The molecule has 0 saturated carbocycles. The van der Waals surface area contributed by atoms with Crippen molar-refractivity contribution in [1.82, 2.24) is 0 Å². The van der Waals surface area contributed by atoms with E-state index in [0.29, 0.717) is 0 Å². The van der Waals surface area contributed by atoms with Crippen molar-refractivity contribution >= 4 is 21.9 Å². The lowest BCUT2D eigenvalue weighted by molar-refractivity contribution is -0.142. The van der Waals surface area contributed by atoms with Gasteiger partial charge in [-0.15, -0.1) is 0 Å². The van der Waals surface area contributed by atoms with E-state index >= 15 is 0 Å². The van der Waals surface area contributed by atoms with Gasteiger partial charge < -0.3 is 14.2 Å². The topological polar surface area (TPSA) is 116 Å². The molecule has 0 bridgehead atoms. The molecule has 0 radical (unpaired) electrons. The third-order valence-electron chi connectivity index (χ3n) is 3.91. The third-order valence-corrected chi connectivity index (χ3v) is 4.79. The van der Waals surface area contributed by atoms with Crippen LogP contribution in [-0.4, -0.2) is 45.5 Å². The first-order valence-electron chi connectivity index (χ1n) is 8.25. The summed E-state index contributed by atoms with van der Waals surface area (Å²) >= 11 is 0. The zero-order chi connectivity index (χ0) is 20.9. The predicted octanol–water partition coefficient (Wildman–Crippen LogP) is 2.29. The van der Waals surface area contributed by atoms with Gasteiger partial charge in [0.1, 0.15) is 10.6 Å². The Balaban J connectivity index is 2.76. The van der Waals surface area contributed by atoms with Crippen LogP contribution in [0.1, 0.15) is 28.4 Å². The molecule has 0 heterocycles. The monoisotopic (exact) mass is 408 g/mol. The number of ether oxygens (including phenoxy) is 3. The molecule has 0 aliphatic carbocycles. The van der Waals surface area contributed by atoms with Gasteiger partial charge in [-0.1, -0.05) is 18.2 Å². The van der Waals surface area contributed by atoms with Crippen molar-refractivity contribution in [3.8, 4) is 11.5 Å². The Morgan fingerprint density at radius 2 is 1.71 bits per heavy atom. The maximum Gasteiger partial charge on any atom is 0.310 e. The molecule has 0 unspecified atom stereocenters. The van der Waals surface area contributed by atoms with Crippen LogP contribution in [0.25, 0.3) is 0 Å². The van der Waals surface area contributed by atoms with Gasteiger partial charge in [0.25, 0.3) is 10.1 Å². The third kappa shape index (κ3) is 4.49. The standard InChI is InChI=1S/C19H20O8S/c1-4-27-16(20)11-12-9-10-15(28(22,23)24)19(26-3)17(12)18(21)13-7-5-6-8-14(13)25-2/h5-10H,4,11H2,1-3H3,(H,22,23,24). The average Bonchev–Trinajstić information content (AvgIpc) is 2.66. The van der Waals surface area contributed by atoms with Crippen LogP contribution in [-0.2, 0) is 26.1 Å². The lowest BCUT2D eigenvalue weighted by Crippen LogP contribution is -2.16. The highest BCUT2D eigenvalue weighted by atomic mass is 32.2. The minimum Gasteiger partial charge on any atom is -0.496 e. The number of methoxy groups -OCH3 is 2. The second-order valence-electron chi connectivity index (χ2n) is 5.62. The summed E-state index contributed by atoms with van der Waals surface area (Å²) in [5, 5.41) is 0. The van der Waals surface area contributed by atoms with Crippen LogP contribution in [0.5, 0.6) is 11.5 Å². The van der Waals surface area contributed by atoms with Crippen molar-refractivity contribution in [3.05, 3.63) is 53.1 Å². The number of esters is 1. The summed E-state index contributed by atoms with van der Waals surface area (Å²) in [6.07, 6.45) is -0.286. The molecule has 2 rings (SSSR count). The summed E-state index contributed by atoms with van der Waals surface area (Å²) in [5.41, 5.74) is 0.162. The molecule has 0 aliphatic rings. The summed E-state index contributed by atoms with van der Waals surface area (Å²) in [4.78, 5) is 24.6. The first-order valence-corrected chi connectivity index (χ1v) is 9.69. The normalized spacial score (nSPS) is 11.0. The minimum absolute atomic E-state index is 0.140. The molecule has 2 aromatic rings. The molecule has 1 N–H and O–H groups in total. The number of hydrogen-bond acceptors (Lipinski definition) is 7. The number of rotatable bonds is 8. The van der Waals surface area contributed by atoms with Gasteiger partial charge in [0.2, 0.25) is 5.78 Å². The number of carbonyl (C=O) groups is 2. The van der Waals surface area contributed by atoms with Crippen LogP contribution >= 0.6 is 0 Å². The number of hydrogen-bond donors (Lipinski definition) is 1. The molecule has 0 spiro atoms. The van der Waals surface area contributed by atoms with Crippen LogP contribution in [0.2, 0.25) is 0 Å². The minimum atomic E-state index is -4.68. The zero-order valence-corrected chi connectivity index (χ0v) is 16.4. The van der Waals surface area contributed by atoms with E-state index in [9.17, 15) is 22.6 Å². The lowest BCUT2D eigenvalue weighted by Gasteiger charge is -2.16. The molecule has 28 heavy (non-hydrogen) atoms. The molecular weight excluding hydrogens is 388 g/mol. The predicted molar refractivity (Wildman–Crippen MR) is 99.6 cm³/mol. The van der Waals surface area contributed by atoms with E-state index < -0.39 is 26.8 Å². The maximum atomic E-state index is 13.3. The molecule has 9 heteroatoms. The van der Waals surface area contributed by atoms with Gasteiger partial charge in [0.15, 0.2) is 5.75 Å².